The Hall–Kier alpha value is -1.95. The molecule has 1 amide bonds. The van der Waals surface area contributed by atoms with Crippen molar-refractivity contribution in [1.29, 1.82) is 0 Å². The van der Waals surface area contributed by atoms with Crippen molar-refractivity contribution in [3.05, 3.63) is 35.6 Å². The molecule has 0 spiro atoms. The minimum Gasteiger partial charge on any atom is -0.480 e. The standard InChI is InChI=1S/C15H19FN2O3/c1-17(2)10-7-8-18(13(9-10)15(20)21)14(19)11-5-3-4-6-12(11)16/h3-6,10,13H,7-9H2,1-2H3,(H,20,21). The Bertz CT molecular complexity index is 547. The Morgan fingerprint density at radius 1 is 1.33 bits per heavy atom. The van der Waals surface area contributed by atoms with Crippen molar-refractivity contribution in [2.45, 2.75) is 24.9 Å². The molecule has 0 radical (unpaired) electrons. The average Bonchev–Trinajstić information content (AvgIpc) is 2.46. The van der Waals surface area contributed by atoms with Crippen LogP contribution in [0.1, 0.15) is 23.2 Å². The predicted octanol–water partition coefficient (Wildman–Crippen LogP) is 1.45. The van der Waals surface area contributed by atoms with Crippen LogP contribution in [0.25, 0.3) is 0 Å². The van der Waals surface area contributed by atoms with Gasteiger partial charge in [-0.25, -0.2) is 9.18 Å². The zero-order valence-electron chi connectivity index (χ0n) is 12.1. The normalized spacial score (nSPS) is 22.4. The van der Waals surface area contributed by atoms with E-state index in [4.69, 9.17) is 0 Å². The van der Waals surface area contributed by atoms with Crippen LogP contribution in [-0.2, 0) is 4.79 Å². The van der Waals surface area contributed by atoms with E-state index in [-0.39, 0.29) is 11.6 Å². The van der Waals surface area contributed by atoms with Crippen LogP contribution in [-0.4, -0.2) is 59.5 Å². The van der Waals surface area contributed by atoms with Gasteiger partial charge >= 0.3 is 5.97 Å². The van der Waals surface area contributed by atoms with Crippen LogP contribution in [0.5, 0.6) is 0 Å². The summed E-state index contributed by atoms with van der Waals surface area (Å²) in [7, 11) is 3.77. The van der Waals surface area contributed by atoms with E-state index < -0.39 is 23.7 Å². The number of carbonyl (C=O) groups excluding carboxylic acids is 1. The number of piperidine rings is 1. The highest BCUT2D eigenvalue weighted by atomic mass is 19.1. The number of hydrogen-bond acceptors (Lipinski definition) is 3. The molecule has 2 unspecified atom stereocenters. The number of carbonyl (C=O) groups is 2. The second-order valence-electron chi connectivity index (χ2n) is 5.47. The number of carboxylic acid groups (broad SMARTS) is 1. The zero-order valence-corrected chi connectivity index (χ0v) is 12.1. The topological polar surface area (TPSA) is 60.9 Å². The van der Waals surface area contributed by atoms with Crippen molar-refractivity contribution in [3.8, 4) is 0 Å². The molecule has 0 bridgehead atoms. The Morgan fingerprint density at radius 2 is 2.00 bits per heavy atom. The van der Waals surface area contributed by atoms with Crippen LogP contribution in [0.3, 0.4) is 0 Å². The van der Waals surface area contributed by atoms with Crippen LogP contribution < -0.4 is 0 Å². The van der Waals surface area contributed by atoms with E-state index in [1.165, 1.54) is 23.1 Å². The number of likely N-dealkylation sites (tertiary alicyclic amines) is 1. The molecule has 2 atom stereocenters. The van der Waals surface area contributed by atoms with Crippen molar-refractivity contribution in [1.82, 2.24) is 9.80 Å². The minimum absolute atomic E-state index is 0.0768. The number of carboxylic acids is 1. The molecule has 0 saturated carbocycles. The molecule has 6 heteroatoms. The van der Waals surface area contributed by atoms with Gasteiger partial charge in [-0.3, -0.25) is 4.79 Å². The smallest absolute Gasteiger partial charge is 0.326 e. The molecule has 1 saturated heterocycles. The lowest BCUT2D eigenvalue weighted by atomic mass is 9.95. The van der Waals surface area contributed by atoms with Crippen molar-refractivity contribution < 1.29 is 19.1 Å². The first-order valence-corrected chi connectivity index (χ1v) is 6.86. The van der Waals surface area contributed by atoms with E-state index in [0.29, 0.717) is 19.4 Å². The van der Waals surface area contributed by atoms with Gasteiger partial charge < -0.3 is 14.9 Å². The Labute approximate surface area is 123 Å². The van der Waals surface area contributed by atoms with E-state index in [1.54, 1.807) is 6.07 Å². The summed E-state index contributed by atoms with van der Waals surface area (Å²) in [6.07, 6.45) is 1.03. The summed E-state index contributed by atoms with van der Waals surface area (Å²) in [6.45, 7) is 0.312. The lowest BCUT2D eigenvalue weighted by molar-refractivity contribution is -0.144. The Balaban J connectivity index is 2.24. The molecule has 5 nitrogen and oxygen atoms in total. The SMILES string of the molecule is CN(C)C1CCN(C(=O)c2ccccc2F)C(C(=O)O)C1. The van der Waals surface area contributed by atoms with E-state index in [9.17, 15) is 19.1 Å². The Morgan fingerprint density at radius 3 is 2.57 bits per heavy atom. The summed E-state index contributed by atoms with van der Waals surface area (Å²) in [5.74, 6) is -2.23. The summed E-state index contributed by atoms with van der Waals surface area (Å²) in [5, 5.41) is 9.37. The molecule has 1 N–H and O–H groups in total. The van der Waals surface area contributed by atoms with E-state index in [1.807, 2.05) is 19.0 Å². The quantitative estimate of drug-likeness (QED) is 0.916. The Kier molecular flexibility index (Phi) is 4.57. The van der Waals surface area contributed by atoms with Gasteiger partial charge in [0.05, 0.1) is 5.56 Å². The van der Waals surface area contributed by atoms with E-state index >= 15 is 0 Å². The number of nitrogens with zero attached hydrogens (tertiary/aromatic N) is 2. The molecule has 2 rings (SSSR count). The third-order valence-corrected chi connectivity index (χ3v) is 3.96. The van der Waals surface area contributed by atoms with Gasteiger partial charge in [-0.1, -0.05) is 12.1 Å². The molecule has 1 heterocycles. The highest BCUT2D eigenvalue weighted by molar-refractivity contribution is 5.97. The van der Waals surface area contributed by atoms with Gasteiger partial charge in [0.25, 0.3) is 5.91 Å². The van der Waals surface area contributed by atoms with Gasteiger partial charge in [0.2, 0.25) is 0 Å². The maximum atomic E-state index is 13.7. The largest absolute Gasteiger partial charge is 0.480 e. The molecular weight excluding hydrogens is 275 g/mol. The fraction of sp³-hybridized carbons (Fsp3) is 0.467. The summed E-state index contributed by atoms with van der Waals surface area (Å²) in [5.41, 5.74) is -0.0768. The second kappa shape index (κ2) is 6.22. The van der Waals surface area contributed by atoms with E-state index in [0.717, 1.165) is 0 Å². The number of halogens is 1. The third-order valence-electron chi connectivity index (χ3n) is 3.96. The lowest BCUT2D eigenvalue weighted by Crippen LogP contribution is -2.54. The van der Waals surface area contributed by atoms with Crippen molar-refractivity contribution in [2.75, 3.05) is 20.6 Å². The van der Waals surface area contributed by atoms with Crippen molar-refractivity contribution in [3.63, 3.8) is 0 Å². The molecule has 21 heavy (non-hydrogen) atoms. The van der Waals surface area contributed by atoms with E-state index in [2.05, 4.69) is 0 Å². The first-order chi connectivity index (χ1) is 9.91. The molecule has 1 aromatic rings. The fourth-order valence-corrected chi connectivity index (χ4v) is 2.68. The van der Waals surface area contributed by atoms with Gasteiger partial charge in [0.15, 0.2) is 0 Å². The van der Waals surface area contributed by atoms with Gasteiger partial charge in [-0.05, 0) is 39.1 Å². The number of rotatable bonds is 3. The van der Waals surface area contributed by atoms with Gasteiger partial charge in [-0.15, -0.1) is 0 Å². The first kappa shape index (κ1) is 15.4. The van der Waals surface area contributed by atoms with Gasteiger partial charge in [-0.2, -0.15) is 0 Å². The second-order valence-corrected chi connectivity index (χ2v) is 5.47. The summed E-state index contributed by atoms with van der Waals surface area (Å²) >= 11 is 0. The van der Waals surface area contributed by atoms with Crippen LogP contribution in [0, 0.1) is 5.82 Å². The highest BCUT2D eigenvalue weighted by Crippen LogP contribution is 2.23. The summed E-state index contributed by atoms with van der Waals surface area (Å²) in [4.78, 5) is 27.1. The molecule has 1 aliphatic rings. The number of hydrogen-bond donors (Lipinski definition) is 1. The maximum absolute atomic E-state index is 13.7. The summed E-state index contributed by atoms with van der Waals surface area (Å²) < 4.78 is 13.7. The third kappa shape index (κ3) is 3.21. The van der Waals surface area contributed by atoms with Crippen LogP contribution in [0.4, 0.5) is 4.39 Å². The number of amides is 1. The molecule has 0 aromatic heterocycles. The lowest BCUT2D eigenvalue weighted by Gasteiger charge is -2.39. The number of benzene rings is 1. The molecule has 0 aliphatic carbocycles. The van der Waals surface area contributed by atoms with Gasteiger partial charge in [0.1, 0.15) is 11.9 Å². The monoisotopic (exact) mass is 294 g/mol. The van der Waals surface area contributed by atoms with Crippen LogP contribution >= 0.6 is 0 Å². The zero-order chi connectivity index (χ0) is 15.6. The van der Waals surface area contributed by atoms with Crippen LogP contribution in [0.15, 0.2) is 24.3 Å². The minimum atomic E-state index is -1.05. The summed E-state index contributed by atoms with van der Waals surface area (Å²) in [6, 6.07) is 4.84. The molecule has 1 aromatic carbocycles. The molecule has 1 aliphatic heterocycles. The first-order valence-electron chi connectivity index (χ1n) is 6.86. The van der Waals surface area contributed by atoms with Crippen molar-refractivity contribution >= 4 is 11.9 Å². The highest BCUT2D eigenvalue weighted by Gasteiger charge is 2.37. The molecule has 114 valence electrons. The average molecular weight is 294 g/mol. The van der Waals surface area contributed by atoms with Gasteiger partial charge in [0, 0.05) is 12.6 Å². The molecule has 1 fully saturated rings. The van der Waals surface area contributed by atoms with Crippen LogP contribution in [0.2, 0.25) is 0 Å². The van der Waals surface area contributed by atoms with Crippen molar-refractivity contribution in [2.24, 2.45) is 0 Å². The number of aliphatic carboxylic acids is 1. The molecular formula is C15H19FN2O3. The predicted molar refractivity (Wildman–Crippen MR) is 75.6 cm³/mol. The fourth-order valence-electron chi connectivity index (χ4n) is 2.68. The maximum Gasteiger partial charge on any atom is 0.326 e.